The third-order valence-corrected chi connectivity index (χ3v) is 7.63. The first kappa shape index (κ1) is 28.2. The smallest absolute Gasteiger partial charge is 0.407 e. The molecule has 0 aromatic heterocycles. The number of ether oxygens (including phenoxy) is 1. The van der Waals surface area contributed by atoms with Gasteiger partial charge in [0.25, 0.3) is 5.91 Å². The van der Waals surface area contributed by atoms with Crippen LogP contribution in [0.1, 0.15) is 46.7 Å². The van der Waals surface area contributed by atoms with Gasteiger partial charge in [0.2, 0.25) is 0 Å². The Morgan fingerprint density at radius 1 is 0.974 bits per heavy atom. The number of nitrogens with one attached hydrogen (secondary N) is 1. The highest BCUT2D eigenvalue weighted by Gasteiger charge is 2.38. The number of hydrogen-bond acceptors (Lipinski definition) is 4. The molecule has 4 rings (SSSR count). The summed E-state index contributed by atoms with van der Waals surface area (Å²) in [6.07, 6.45) is 1.60. The van der Waals surface area contributed by atoms with E-state index in [2.05, 4.69) is 10.2 Å². The number of likely N-dealkylation sites (tertiary alicyclic amines) is 1. The zero-order valence-corrected chi connectivity index (χ0v) is 22.4. The van der Waals surface area contributed by atoms with Crippen molar-refractivity contribution in [3.8, 4) is 0 Å². The predicted octanol–water partition coefficient (Wildman–Crippen LogP) is 5.56. The van der Waals surface area contributed by atoms with Gasteiger partial charge in [-0.15, -0.1) is 0 Å². The first-order valence-electron chi connectivity index (χ1n) is 13.2. The van der Waals surface area contributed by atoms with E-state index in [1.165, 1.54) is 13.2 Å². The number of halogens is 2. The first-order valence-corrected chi connectivity index (χ1v) is 13.2. The highest BCUT2D eigenvalue weighted by molar-refractivity contribution is 5.94. The predicted molar refractivity (Wildman–Crippen MR) is 146 cm³/mol. The minimum atomic E-state index is -0.894. The highest BCUT2D eigenvalue weighted by Crippen LogP contribution is 2.34. The van der Waals surface area contributed by atoms with Crippen LogP contribution < -0.4 is 5.32 Å². The highest BCUT2D eigenvalue weighted by atomic mass is 19.2. The van der Waals surface area contributed by atoms with E-state index in [1.54, 1.807) is 30.1 Å². The molecule has 0 bridgehead atoms. The Hall–Kier alpha value is -3.78. The van der Waals surface area contributed by atoms with Crippen molar-refractivity contribution in [1.82, 2.24) is 15.1 Å². The molecule has 1 aliphatic heterocycles. The average Bonchev–Trinajstić information content (AvgIpc) is 2.97. The summed E-state index contributed by atoms with van der Waals surface area (Å²) in [5.74, 6) is -2.10. The molecule has 2 amide bonds. The van der Waals surface area contributed by atoms with Gasteiger partial charge in [-0.05, 0) is 61.2 Å². The lowest BCUT2D eigenvalue weighted by Crippen LogP contribution is -2.53. The Morgan fingerprint density at radius 2 is 1.62 bits per heavy atom. The third kappa shape index (κ3) is 7.00. The van der Waals surface area contributed by atoms with Gasteiger partial charge in [-0.3, -0.25) is 4.79 Å². The Balaban J connectivity index is 1.45. The maximum absolute atomic E-state index is 14.2. The molecule has 3 aromatic carbocycles. The van der Waals surface area contributed by atoms with Crippen molar-refractivity contribution in [1.29, 1.82) is 0 Å². The fourth-order valence-electron chi connectivity index (χ4n) is 5.33. The van der Waals surface area contributed by atoms with E-state index in [1.807, 2.05) is 48.5 Å². The Kier molecular flexibility index (Phi) is 9.30. The molecule has 6 nitrogen and oxygen atoms in total. The van der Waals surface area contributed by atoms with E-state index in [4.69, 9.17) is 4.74 Å². The molecule has 3 aromatic rings. The zero-order chi connectivity index (χ0) is 27.8. The number of likely N-dealkylation sites (N-methyl/N-ethyl adjacent to an activating group) is 1. The molecule has 0 radical (unpaired) electrons. The van der Waals surface area contributed by atoms with Crippen molar-refractivity contribution in [2.45, 2.75) is 30.7 Å². The van der Waals surface area contributed by atoms with E-state index < -0.39 is 23.3 Å². The largest absolute Gasteiger partial charge is 0.453 e. The van der Waals surface area contributed by atoms with Crippen molar-refractivity contribution >= 4 is 12.0 Å². The van der Waals surface area contributed by atoms with Crippen LogP contribution >= 0.6 is 0 Å². The van der Waals surface area contributed by atoms with Crippen molar-refractivity contribution in [2.24, 2.45) is 0 Å². The quantitative estimate of drug-likeness (QED) is 0.390. The zero-order valence-electron chi connectivity index (χ0n) is 22.4. The van der Waals surface area contributed by atoms with E-state index >= 15 is 0 Å². The van der Waals surface area contributed by atoms with E-state index in [0.717, 1.165) is 24.7 Å². The summed E-state index contributed by atoms with van der Waals surface area (Å²) in [5, 5.41) is 3.07. The fourth-order valence-corrected chi connectivity index (χ4v) is 5.33. The molecule has 1 unspecified atom stereocenters. The van der Waals surface area contributed by atoms with Crippen LogP contribution in [0.5, 0.6) is 0 Å². The van der Waals surface area contributed by atoms with Crippen LogP contribution in [0.25, 0.3) is 0 Å². The molecular formula is C31H35F2N3O3. The standard InChI is InChI=1S/C31H35F2N3O3/c1-35(29(37)23-9-5-3-6-10-23)22-25(24-13-14-27(32)28(33)21-24)15-18-36-19-16-31(17-20-36,34-30(38)39-2)26-11-7-4-8-12-26/h3-14,21,25H,15-20,22H2,1-2H3,(H,34,38). The van der Waals surface area contributed by atoms with Gasteiger partial charge < -0.3 is 19.9 Å². The van der Waals surface area contributed by atoms with Crippen LogP contribution in [0, 0.1) is 11.6 Å². The number of carbonyl (C=O) groups is 2. The topological polar surface area (TPSA) is 61.9 Å². The molecule has 1 atom stereocenters. The molecule has 1 heterocycles. The second-order valence-electron chi connectivity index (χ2n) is 10.1. The van der Waals surface area contributed by atoms with Gasteiger partial charge in [0, 0.05) is 38.2 Å². The SMILES string of the molecule is COC(=O)NC1(c2ccccc2)CCN(CCC(CN(C)C(=O)c2ccccc2)c2ccc(F)c(F)c2)CC1. The van der Waals surface area contributed by atoms with Gasteiger partial charge in [-0.2, -0.15) is 0 Å². The lowest BCUT2D eigenvalue weighted by molar-refractivity contribution is 0.0777. The normalized spacial score (nSPS) is 15.8. The van der Waals surface area contributed by atoms with Crippen molar-refractivity contribution < 1.29 is 23.1 Å². The summed E-state index contributed by atoms with van der Waals surface area (Å²) in [4.78, 5) is 29.1. The number of nitrogens with zero attached hydrogens (tertiary/aromatic N) is 2. The Labute approximate surface area is 228 Å². The molecule has 1 saturated heterocycles. The maximum atomic E-state index is 14.2. The summed E-state index contributed by atoms with van der Waals surface area (Å²) >= 11 is 0. The molecule has 1 aliphatic rings. The number of alkyl carbamates (subject to hydrolysis) is 1. The van der Waals surface area contributed by atoms with Gasteiger partial charge in [-0.1, -0.05) is 54.6 Å². The summed E-state index contributed by atoms with van der Waals surface area (Å²) in [6, 6.07) is 22.9. The molecule has 8 heteroatoms. The van der Waals surface area contributed by atoms with Crippen LogP contribution in [-0.2, 0) is 10.3 Å². The number of amides is 2. The number of piperidine rings is 1. The van der Waals surface area contributed by atoms with Crippen LogP contribution in [0.2, 0.25) is 0 Å². The molecule has 0 aliphatic carbocycles. The van der Waals surface area contributed by atoms with Gasteiger partial charge in [0.1, 0.15) is 0 Å². The van der Waals surface area contributed by atoms with Crippen molar-refractivity contribution in [3.05, 3.63) is 107 Å². The van der Waals surface area contributed by atoms with E-state index in [9.17, 15) is 18.4 Å². The van der Waals surface area contributed by atoms with Gasteiger partial charge in [0.05, 0.1) is 12.6 Å². The number of hydrogen-bond donors (Lipinski definition) is 1. The lowest BCUT2D eigenvalue weighted by atomic mass is 9.80. The lowest BCUT2D eigenvalue weighted by Gasteiger charge is -2.42. The van der Waals surface area contributed by atoms with Gasteiger partial charge in [0.15, 0.2) is 11.6 Å². The molecule has 1 N–H and O–H groups in total. The average molecular weight is 536 g/mol. The summed E-state index contributed by atoms with van der Waals surface area (Å²) in [6.45, 7) is 2.55. The summed E-state index contributed by atoms with van der Waals surface area (Å²) in [5.41, 5.74) is 1.75. The number of carbonyl (C=O) groups excluding carboxylic acids is 2. The first-order chi connectivity index (χ1) is 18.8. The molecule has 1 fully saturated rings. The Bertz CT molecular complexity index is 1250. The molecular weight excluding hydrogens is 500 g/mol. The van der Waals surface area contributed by atoms with E-state index in [-0.39, 0.29) is 11.8 Å². The van der Waals surface area contributed by atoms with Crippen LogP contribution in [0.15, 0.2) is 78.9 Å². The number of benzene rings is 3. The number of rotatable bonds is 9. The second-order valence-corrected chi connectivity index (χ2v) is 10.1. The monoisotopic (exact) mass is 535 g/mol. The second kappa shape index (κ2) is 12.8. The maximum Gasteiger partial charge on any atom is 0.407 e. The van der Waals surface area contributed by atoms with Crippen LogP contribution in [-0.4, -0.2) is 62.1 Å². The van der Waals surface area contributed by atoms with Crippen molar-refractivity contribution in [2.75, 3.05) is 40.3 Å². The molecule has 39 heavy (non-hydrogen) atoms. The minimum absolute atomic E-state index is 0.123. The molecule has 0 saturated carbocycles. The van der Waals surface area contributed by atoms with Crippen LogP contribution in [0.3, 0.4) is 0 Å². The third-order valence-electron chi connectivity index (χ3n) is 7.63. The van der Waals surface area contributed by atoms with Gasteiger partial charge in [-0.25, -0.2) is 13.6 Å². The number of methoxy groups -OCH3 is 1. The summed E-state index contributed by atoms with van der Waals surface area (Å²) < 4.78 is 32.8. The van der Waals surface area contributed by atoms with Crippen molar-refractivity contribution in [3.63, 3.8) is 0 Å². The van der Waals surface area contributed by atoms with E-state index in [0.29, 0.717) is 43.5 Å². The van der Waals surface area contributed by atoms with Gasteiger partial charge >= 0.3 is 6.09 Å². The fraction of sp³-hybridized carbons (Fsp3) is 0.355. The minimum Gasteiger partial charge on any atom is -0.453 e. The molecule has 206 valence electrons. The van der Waals surface area contributed by atoms with Crippen LogP contribution in [0.4, 0.5) is 13.6 Å². The Morgan fingerprint density at radius 3 is 2.23 bits per heavy atom. The summed E-state index contributed by atoms with van der Waals surface area (Å²) in [7, 11) is 3.09. The molecule has 0 spiro atoms.